The molecule has 0 saturated heterocycles. The van der Waals surface area contributed by atoms with Gasteiger partial charge in [0.15, 0.2) is 0 Å². The van der Waals surface area contributed by atoms with E-state index in [2.05, 4.69) is 0 Å². The van der Waals surface area contributed by atoms with Gasteiger partial charge >= 0.3 is 12.1 Å². The highest BCUT2D eigenvalue weighted by Gasteiger charge is 2.32. The number of carboxylic acid groups (broad SMARTS) is 1. The summed E-state index contributed by atoms with van der Waals surface area (Å²) in [6, 6.07) is 1.93. The van der Waals surface area contributed by atoms with E-state index in [-0.39, 0.29) is 12.0 Å². The molecule has 0 saturated carbocycles. The smallest absolute Gasteiger partial charge is 0.416 e. The zero-order valence-electron chi connectivity index (χ0n) is 9.59. The fourth-order valence-corrected chi connectivity index (χ4v) is 1.69. The summed E-state index contributed by atoms with van der Waals surface area (Å²) in [6.45, 7) is 1.72. The predicted molar refractivity (Wildman–Crippen MR) is 56.7 cm³/mol. The van der Waals surface area contributed by atoms with Crippen molar-refractivity contribution >= 4 is 5.97 Å². The first-order valence-corrected chi connectivity index (χ1v) is 5.36. The van der Waals surface area contributed by atoms with Gasteiger partial charge in [-0.3, -0.25) is 4.79 Å². The highest BCUT2D eigenvalue weighted by atomic mass is 19.4. The Kier molecular flexibility index (Phi) is 4.32. The first kappa shape index (κ1) is 14.5. The van der Waals surface area contributed by atoms with Gasteiger partial charge in [-0.1, -0.05) is 19.4 Å². The molecule has 100 valence electrons. The van der Waals surface area contributed by atoms with Crippen molar-refractivity contribution in [3.63, 3.8) is 0 Å². The van der Waals surface area contributed by atoms with Crippen molar-refractivity contribution in [2.24, 2.45) is 0 Å². The van der Waals surface area contributed by atoms with Crippen LogP contribution in [0.5, 0.6) is 0 Å². The first-order valence-electron chi connectivity index (χ1n) is 5.36. The molecule has 0 amide bonds. The summed E-state index contributed by atoms with van der Waals surface area (Å²) in [6.07, 6.45) is -3.96. The summed E-state index contributed by atoms with van der Waals surface area (Å²) in [5, 5.41) is 8.92. The summed E-state index contributed by atoms with van der Waals surface area (Å²) in [5.74, 6) is -3.49. The Labute approximate surface area is 101 Å². The maximum Gasteiger partial charge on any atom is 0.416 e. The molecule has 0 aliphatic carbocycles. The van der Waals surface area contributed by atoms with E-state index in [0.717, 1.165) is 6.07 Å². The van der Waals surface area contributed by atoms with E-state index in [4.69, 9.17) is 5.11 Å². The second kappa shape index (κ2) is 5.37. The van der Waals surface area contributed by atoms with Crippen LogP contribution >= 0.6 is 0 Å². The maximum atomic E-state index is 13.6. The minimum Gasteiger partial charge on any atom is -0.481 e. The van der Waals surface area contributed by atoms with E-state index in [0.29, 0.717) is 18.6 Å². The third-order valence-electron chi connectivity index (χ3n) is 2.58. The molecule has 0 spiro atoms. The van der Waals surface area contributed by atoms with Gasteiger partial charge in [0.05, 0.1) is 11.5 Å². The molecule has 1 aromatic rings. The lowest BCUT2D eigenvalue weighted by atomic mass is 9.93. The van der Waals surface area contributed by atoms with E-state index < -0.39 is 29.4 Å². The van der Waals surface area contributed by atoms with E-state index in [1.807, 2.05) is 0 Å². The fourth-order valence-electron chi connectivity index (χ4n) is 1.69. The van der Waals surface area contributed by atoms with Crippen molar-refractivity contribution in [2.45, 2.75) is 31.9 Å². The van der Waals surface area contributed by atoms with Crippen molar-refractivity contribution in [1.29, 1.82) is 0 Å². The minimum absolute atomic E-state index is 0.178. The van der Waals surface area contributed by atoms with Crippen LogP contribution < -0.4 is 0 Å². The van der Waals surface area contributed by atoms with E-state index >= 15 is 0 Å². The van der Waals surface area contributed by atoms with Gasteiger partial charge in [0.2, 0.25) is 0 Å². The van der Waals surface area contributed by atoms with Crippen LogP contribution in [0.3, 0.4) is 0 Å². The fraction of sp³-hybridized carbons (Fsp3) is 0.417. The van der Waals surface area contributed by atoms with Crippen molar-refractivity contribution in [1.82, 2.24) is 0 Å². The number of alkyl halides is 3. The average Bonchev–Trinajstić information content (AvgIpc) is 2.24. The molecule has 0 aliphatic rings. The Bertz CT molecular complexity index is 440. The zero-order valence-corrected chi connectivity index (χ0v) is 9.59. The molecule has 0 fully saturated rings. The lowest BCUT2D eigenvalue weighted by molar-refractivity contribution is -0.139. The second-order valence-electron chi connectivity index (χ2n) is 3.91. The number of hydrogen-bond donors (Lipinski definition) is 1. The molecule has 0 bridgehead atoms. The molecular weight excluding hydrogens is 252 g/mol. The first-order chi connectivity index (χ1) is 8.27. The van der Waals surface area contributed by atoms with Crippen LogP contribution in [0.15, 0.2) is 18.2 Å². The van der Waals surface area contributed by atoms with Gasteiger partial charge in [0.1, 0.15) is 5.82 Å². The summed E-state index contributed by atoms with van der Waals surface area (Å²) in [4.78, 5) is 10.9. The summed E-state index contributed by atoms with van der Waals surface area (Å²) < 4.78 is 50.5. The van der Waals surface area contributed by atoms with Crippen LogP contribution in [0, 0.1) is 5.82 Å². The molecule has 0 aromatic heterocycles. The van der Waals surface area contributed by atoms with Crippen LogP contribution in [0.4, 0.5) is 17.6 Å². The number of carboxylic acids is 1. The highest BCUT2D eigenvalue weighted by Crippen LogP contribution is 2.32. The molecule has 1 unspecified atom stereocenters. The third-order valence-corrected chi connectivity index (χ3v) is 2.58. The Morgan fingerprint density at radius 3 is 2.39 bits per heavy atom. The number of benzene rings is 1. The number of carbonyl (C=O) groups is 1. The van der Waals surface area contributed by atoms with Crippen molar-refractivity contribution < 1.29 is 27.5 Å². The standard InChI is InChI=1S/C12H12F4O2/c1-2-3-9(11(17)18)8-5-4-7(6-10(8)13)12(14,15)16/h4-6,9H,2-3H2,1H3,(H,17,18). The van der Waals surface area contributed by atoms with E-state index in [1.165, 1.54) is 0 Å². The Balaban J connectivity index is 3.15. The van der Waals surface area contributed by atoms with Gasteiger partial charge in [0.25, 0.3) is 0 Å². The van der Waals surface area contributed by atoms with Gasteiger partial charge in [-0.25, -0.2) is 4.39 Å². The molecule has 1 aromatic carbocycles. The molecule has 18 heavy (non-hydrogen) atoms. The largest absolute Gasteiger partial charge is 0.481 e. The Morgan fingerprint density at radius 1 is 1.39 bits per heavy atom. The number of aliphatic carboxylic acids is 1. The van der Waals surface area contributed by atoms with E-state index in [1.54, 1.807) is 6.92 Å². The topological polar surface area (TPSA) is 37.3 Å². The van der Waals surface area contributed by atoms with Gasteiger partial charge in [-0.2, -0.15) is 13.2 Å². The molecule has 1 rings (SSSR count). The van der Waals surface area contributed by atoms with Crippen LogP contribution in [0.1, 0.15) is 36.8 Å². The molecule has 1 atom stereocenters. The van der Waals surface area contributed by atoms with Crippen LogP contribution in [0.25, 0.3) is 0 Å². The number of rotatable bonds is 4. The second-order valence-corrected chi connectivity index (χ2v) is 3.91. The summed E-state index contributed by atoms with van der Waals surface area (Å²) >= 11 is 0. The van der Waals surface area contributed by atoms with Gasteiger partial charge < -0.3 is 5.11 Å². The lowest BCUT2D eigenvalue weighted by Crippen LogP contribution is -2.14. The number of hydrogen-bond acceptors (Lipinski definition) is 1. The molecule has 2 nitrogen and oxygen atoms in total. The maximum absolute atomic E-state index is 13.6. The average molecular weight is 264 g/mol. The quantitative estimate of drug-likeness (QED) is 0.839. The number of halogens is 4. The van der Waals surface area contributed by atoms with Crippen LogP contribution in [-0.2, 0) is 11.0 Å². The SMILES string of the molecule is CCCC(C(=O)O)c1ccc(C(F)(F)F)cc1F. The van der Waals surface area contributed by atoms with E-state index in [9.17, 15) is 22.4 Å². The van der Waals surface area contributed by atoms with Crippen LogP contribution in [0.2, 0.25) is 0 Å². The van der Waals surface area contributed by atoms with Crippen LogP contribution in [-0.4, -0.2) is 11.1 Å². The molecule has 0 radical (unpaired) electrons. The summed E-state index contributed by atoms with van der Waals surface area (Å²) in [7, 11) is 0. The van der Waals surface area contributed by atoms with Gasteiger partial charge in [-0.05, 0) is 18.6 Å². The molecule has 0 aliphatic heterocycles. The molecule has 6 heteroatoms. The van der Waals surface area contributed by atoms with Gasteiger partial charge in [0, 0.05) is 5.56 Å². The van der Waals surface area contributed by atoms with Gasteiger partial charge in [-0.15, -0.1) is 0 Å². The summed E-state index contributed by atoms with van der Waals surface area (Å²) in [5.41, 5.74) is -1.33. The predicted octanol–water partition coefficient (Wildman–Crippen LogP) is 3.81. The Morgan fingerprint density at radius 2 is 2.00 bits per heavy atom. The normalized spacial score (nSPS) is 13.4. The minimum atomic E-state index is -4.64. The highest BCUT2D eigenvalue weighted by molar-refractivity contribution is 5.76. The monoisotopic (exact) mass is 264 g/mol. The van der Waals surface area contributed by atoms with Crippen molar-refractivity contribution in [2.75, 3.05) is 0 Å². The van der Waals surface area contributed by atoms with Crippen molar-refractivity contribution in [3.8, 4) is 0 Å². The zero-order chi connectivity index (χ0) is 13.9. The molecular formula is C12H12F4O2. The third kappa shape index (κ3) is 3.21. The molecule has 1 N–H and O–H groups in total. The van der Waals surface area contributed by atoms with Crippen molar-refractivity contribution in [3.05, 3.63) is 35.1 Å². The molecule has 0 heterocycles. The Hall–Kier alpha value is -1.59. The lowest BCUT2D eigenvalue weighted by Gasteiger charge is -2.14.